The molecule has 1 fully saturated rings. The number of rotatable bonds is 6. The molecule has 0 radical (unpaired) electrons. The molecule has 11 heteroatoms. The third kappa shape index (κ3) is 4.84. The molecule has 164 valence electrons. The van der Waals surface area contributed by atoms with Crippen molar-refractivity contribution in [2.75, 3.05) is 31.3 Å². The van der Waals surface area contributed by atoms with Crippen molar-refractivity contribution in [3.05, 3.63) is 60.0 Å². The van der Waals surface area contributed by atoms with E-state index in [0.29, 0.717) is 11.6 Å². The number of hydrogen-bond acceptors (Lipinski definition) is 7. The minimum absolute atomic E-state index is 0.153. The van der Waals surface area contributed by atoms with Crippen LogP contribution in [0.15, 0.2) is 60.0 Å². The number of ether oxygens (including phenoxy) is 1. The van der Waals surface area contributed by atoms with E-state index in [-0.39, 0.29) is 24.3 Å². The lowest BCUT2D eigenvalue weighted by atomic mass is 10.1. The van der Waals surface area contributed by atoms with Crippen molar-refractivity contribution < 1.29 is 32.1 Å². The van der Waals surface area contributed by atoms with Gasteiger partial charge in [0.15, 0.2) is 5.75 Å². The Morgan fingerprint density at radius 2 is 1.61 bits per heavy atom. The van der Waals surface area contributed by atoms with Gasteiger partial charge in [-0.25, -0.2) is 4.79 Å². The van der Waals surface area contributed by atoms with Crippen LogP contribution in [-0.4, -0.2) is 67.0 Å². The second kappa shape index (κ2) is 8.74. The van der Waals surface area contributed by atoms with Crippen LogP contribution < -0.4 is 9.64 Å². The standard InChI is InChI=1S/C20H21N3O7S/c1-21-18(24)14(19(25)22(2)20(21)26)8-3-6-11-17-23(12-7-13-31(27,28)29)15-9-4-5-10-16(15)30-17/h3-6,8-11H,7,12-13H2,1-2H3,(H,27,28,29)/b6-3+,17-11-. The molecular formula is C20H21N3O7S. The maximum Gasteiger partial charge on any atom is 0.333 e. The number of urea groups is 1. The summed E-state index contributed by atoms with van der Waals surface area (Å²) in [6.07, 6.45) is 6.11. The average Bonchev–Trinajstić information content (AvgIpc) is 3.07. The zero-order chi connectivity index (χ0) is 22.8. The zero-order valence-electron chi connectivity index (χ0n) is 16.9. The van der Waals surface area contributed by atoms with E-state index in [1.165, 1.54) is 26.2 Å². The van der Waals surface area contributed by atoms with E-state index in [2.05, 4.69) is 0 Å². The molecule has 2 heterocycles. The molecule has 0 aromatic heterocycles. The van der Waals surface area contributed by atoms with Gasteiger partial charge in [0, 0.05) is 20.6 Å². The smallest absolute Gasteiger partial charge is 0.333 e. The number of fused-ring (bicyclic) bond motifs is 1. The molecule has 1 N–H and O–H groups in total. The fourth-order valence-corrected chi connectivity index (χ4v) is 3.59. The molecule has 4 amide bonds. The Kier molecular flexibility index (Phi) is 6.27. The molecule has 0 unspecified atom stereocenters. The quantitative estimate of drug-likeness (QED) is 0.396. The van der Waals surface area contributed by atoms with E-state index in [0.717, 1.165) is 15.5 Å². The molecule has 31 heavy (non-hydrogen) atoms. The van der Waals surface area contributed by atoms with Crippen LogP contribution >= 0.6 is 0 Å². The van der Waals surface area contributed by atoms with Crippen molar-refractivity contribution >= 4 is 33.7 Å². The molecule has 3 rings (SSSR count). The van der Waals surface area contributed by atoms with Crippen LogP contribution in [0.2, 0.25) is 0 Å². The third-order valence-corrected chi connectivity index (χ3v) is 5.48. The number of likely N-dealkylation sites (N-methyl/N-ethyl adjacent to an activating group) is 2. The number of barbiturate groups is 1. The highest BCUT2D eigenvalue weighted by Crippen LogP contribution is 2.38. The monoisotopic (exact) mass is 447 g/mol. The summed E-state index contributed by atoms with van der Waals surface area (Å²) in [5, 5.41) is 0. The zero-order valence-corrected chi connectivity index (χ0v) is 17.7. The third-order valence-electron chi connectivity index (χ3n) is 4.68. The summed E-state index contributed by atoms with van der Waals surface area (Å²) in [4.78, 5) is 39.6. The summed E-state index contributed by atoms with van der Waals surface area (Å²) in [6.45, 7) is 0.284. The fourth-order valence-electron chi connectivity index (χ4n) is 3.10. The van der Waals surface area contributed by atoms with E-state index in [1.807, 2.05) is 12.1 Å². The summed E-state index contributed by atoms with van der Waals surface area (Å²) in [5.41, 5.74) is 0.593. The molecule has 0 spiro atoms. The average molecular weight is 447 g/mol. The van der Waals surface area contributed by atoms with E-state index in [9.17, 15) is 22.8 Å². The predicted molar refractivity (Wildman–Crippen MR) is 112 cm³/mol. The first-order valence-electron chi connectivity index (χ1n) is 9.28. The Hall–Kier alpha value is -3.44. The Balaban J connectivity index is 1.79. The molecule has 0 bridgehead atoms. The van der Waals surface area contributed by atoms with Gasteiger partial charge in [-0.1, -0.05) is 24.3 Å². The Labute approximate surface area is 179 Å². The maximum absolute atomic E-state index is 12.2. The van der Waals surface area contributed by atoms with Crippen LogP contribution in [0.4, 0.5) is 10.5 Å². The van der Waals surface area contributed by atoms with Gasteiger partial charge in [0.2, 0.25) is 5.88 Å². The number of hydrogen-bond donors (Lipinski definition) is 1. The number of anilines is 1. The lowest BCUT2D eigenvalue weighted by molar-refractivity contribution is -0.134. The Morgan fingerprint density at radius 1 is 1.00 bits per heavy atom. The van der Waals surface area contributed by atoms with E-state index < -0.39 is 28.0 Å². The number of benzene rings is 1. The highest BCUT2D eigenvalue weighted by Gasteiger charge is 2.37. The van der Waals surface area contributed by atoms with Gasteiger partial charge in [0.1, 0.15) is 5.57 Å². The van der Waals surface area contributed by atoms with Crippen LogP contribution in [-0.2, 0) is 19.7 Å². The van der Waals surface area contributed by atoms with Crippen LogP contribution in [0, 0.1) is 0 Å². The van der Waals surface area contributed by atoms with Gasteiger partial charge in [-0.15, -0.1) is 0 Å². The van der Waals surface area contributed by atoms with E-state index >= 15 is 0 Å². The van der Waals surface area contributed by atoms with Gasteiger partial charge < -0.3 is 9.64 Å². The first-order chi connectivity index (χ1) is 14.6. The van der Waals surface area contributed by atoms with Crippen molar-refractivity contribution in [3.8, 4) is 5.75 Å². The van der Waals surface area contributed by atoms with Crippen LogP contribution in [0.3, 0.4) is 0 Å². The number of imide groups is 2. The molecule has 0 atom stereocenters. The van der Waals surface area contributed by atoms with Crippen LogP contribution in [0.1, 0.15) is 6.42 Å². The molecule has 2 aliphatic heterocycles. The van der Waals surface area contributed by atoms with Crippen LogP contribution in [0.5, 0.6) is 5.75 Å². The second-order valence-corrected chi connectivity index (χ2v) is 8.41. The van der Waals surface area contributed by atoms with Gasteiger partial charge in [0.25, 0.3) is 21.9 Å². The molecular weight excluding hydrogens is 426 g/mol. The number of amides is 4. The lowest BCUT2D eigenvalue weighted by Gasteiger charge is -2.28. The number of allylic oxidation sites excluding steroid dienone is 4. The van der Waals surface area contributed by atoms with Gasteiger partial charge in [0.05, 0.1) is 11.4 Å². The first-order valence-corrected chi connectivity index (χ1v) is 10.9. The summed E-state index contributed by atoms with van der Waals surface area (Å²) in [7, 11) is -1.49. The van der Waals surface area contributed by atoms with Gasteiger partial charge in [-0.2, -0.15) is 8.42 Å². The summed E-state index contributed by atoms with van der Waals surface area (Å²) >= 11 is 0. The topological polar surface area (TPSA) is 125 Å². The summed E-state index contributed by atoms with van der Waals surface area (Å²) in [5.74, 6) is -0.766. The Bertz CT molecular complexity index is 1100. The molecule has 1 saturated heterocycles. The SMILES string of the molecule is CN1C(=O)C(=C/C=C/C=C2\Oc3ccccc3N2CCCS(=O)(=O)O)C(=O)N(C)C1=O. The van der Waals surface area contributed by atoms with E-state index in [4.69, 9.17) is 9.29 Å². The fraction of sp³-hybridized carbons (Fsp3) is 0.250. The lowest BCUT2D eigenvalue weighted by Crippen LogP contribution is -2.52. The molecule has 1 aromatic carbocycles. The highest BCUT2D eigenvalue weighted by molar-refractivity contribution is 7.85. The largest absolute Gasteiger partial charge is 0.439 e. The minimum Gasteiger partial charge on any atom is -0.439 e. The highest BCUT2D eigenvalue weighted by atomic mass is 32.2. The number of nitrogens with zero attached hydrogens (tertiary/aromatic N) is 3. The number of carbonyl (C=O) groups excluding carboxylic acids is 3. The molecule has 2 aliphatic rings. The van der Waals surface area contributed by atoms with Crippen LogP contribution in [0.25, 0.3) is 0 Å². The normalized spacial score (nSPS) is 18.3. The first kappa shape index (κ1) is 22.2. The van der Waals surface area contributed by atoms with Crippen molar-refractivity contribution in [1.82, 2.24) is 9.80 Å². The van der Waals surface area contributed by atoms with Gasteiger partial charge in [-0.3, -0.25) is 23.9 Å². The molecule has 10 nitrogen and oxygen atoms in total. The van der Waals surface area contributed by atoms with Crippen molar-refractivity contribution in [2.45, 2.75) is 6.42 Å². The summed E-state index contributed by atoms with van der Waals surface area (Å²) < 4.78 is 36.8. The molecule has 0 aliphatic carbocycles. The van der Waals surface area contributed by atoms with Crippen molar-refractivity contribution in [1.29, 1.82) is 0 Å². The maximum atomic E-state index is 12.2. The minimum atomic E-state index is -4.07. The molecule has 1 aromatic rings. The predicted octanol–water partition coefficient (Wildman–Crippen LogP) is 1.54. The van der Waals surface area contributed by atoms with Gasteiger partial charge in [-0.05, 0) is 30.7 Å². The van der Waals surface area contributed by atoms with E-state index in [1.54, 1.807) is 29.2 Å². The molecule has 0 saturated carbocycles. The second-order valence-electron chi connectivity index (χ2n) is 6.84. The Morgan fingerprint density at radius 3 is 2.26 bits per heavy atom. The van der Waals surface area contributed by atoms with Gasteiger partial charge >= 0.3 is 6.03 Å². The number of carbonyl (C=O) groups is 3. The van der Waals surface area contributed by atoms with Crippen molar-refractivity contribution in [2.24, 2.45) is 0 Å². The number of para-hydroxylation sites is 2. The summed E-state index contributed by atoms with van der Waals surface area (Å²) in [6, 6.07) is 6.50. The van der Waals surface area contributed by atoms with Crippen molar-refractivity contribution in [3.63, 3.8) is 0 Å².